The molecule has 1 saturated heterocycles. The maximum absolute atomic E-state index is 11.5. The quantitative estimate of drug-likeness (QED) is 0.395. The Morgan fingerprint density at radius 1 is 0.800 bits per heavy atom. The van der Waals surface area contributed by atoms with Crippen LogP contribution in [0.2, 0.25) is 0 Å². The Kier molecular flexibility index (Phi) is 1.48. The minimum atomic E-state index is -0.679. The van der Waals surface area contributed by atoms with Gasteiger partial charge in [-0.25, -0.2) is 0 Å². The van der Waals surface area contributed by atoms with Gasteiger partial charge in [0.25, 0.3) is 0 Å². The van der Waals surface area contributed by atoms with Crippen molar-refractivity contribution in [3.63, 3.8) is 0 Å². The molecule has 0 amide bonds. The zero-order valence-electron chi connectivity index (χ0n) is 7.76. The van der Waals surface area contributed by atoms with Crippen LogP contribution in [-0.4, -0.2) is 23.5 Å². The summed E-state index contributed by atoms with van der Waals surface area (Å²) in [6, 6.07) is 0. The number of Topliss-reactive ketones (excluding diaryl/α,β-unsaturated/α-hetero) is 2. The second-order valence-electron chi connectivity index (χ2n) is 4.35. The fourth-order valence-corrected chi connectivity index (χ4v) is 2.98. The first-order valence-electron chi connectivity index (χ1n) is 4.90. The van der Waals surface area contributed by atoms with E-state index >= 15 is 0 Å². The predicted molar refractivity (Wildman–Crippen MR) is 44.3 cm³/mol. The van der Waals surface area contributed by atoms with Crippen LogP contribution in [0.25, 0.3) is 0 Å². The Morgan fingerprint density at radius 3 is 1.60 bits per heavy atom. The highest BCUT2D eigenvalue weighted by Gasteiger charge is 2.62. The predicted octanol–water partition coefficient (Wildman–Crippen LogP) is -0.520. The summed E-state index contributed by atoms with van der Waals surface area (Å²) < 4.78 is 4.50. The van der Waals surface area contributed by atoms with Crippen LogP contribution in [0.4, 0.5) is 0 Å². The van der Waals surface area contributed by atoms with Crippen LogP contribution in [0.3, 0.4) is 0 Å². The van der Waals surface area contributed by atoms with Gasteiger partial charge in [-0.1, -0.05) is 0 Å². The molecule has 3 saturated carbocycles. The number of rotatable bonds is 0. The van der Waals surface area contributed by atoms with Gasteiger partial charge in [0.1, 0.15) is 11.6 Å². The molecular weight excluding hydrogens is 200 g/mol. The second kappa shape index (κ2) is 2.53. The van der Waals surface area contributed by atoms with Gasteiger partial charge in [0, 0.05) is 24.7 Å². The van der Waals surface area contributed by atoms with Crippen LogP contribution in [0.5, 0.6) is 0 Å². The first kappa shape index (κ1) is 8.76. The van der Waals surface area contributed by atoms with Gasteiger partial charge in [0.15, 0.2) is 0 Å². The third-order valence-corrected chi connectivity index (χ3v) is 3.67. The van der Waals surface area contributed by atoms with E-state index in [0.717, 1.165) is 0 Å². The van der Waals surface area contributed by atoms with E-state index in [9.17, 15) is 19.2 Å². The molecule has 0 aromatic rings. The Hall–Kier alpha value is -1.52. The summed E-state index contributed by atoms with van der Waals surface area (Å²) in [7, 11) is 0. The molecule has 0 unspecified atom stereocenters. The molecule has 0 spiro atoms. The summed E-state index contributed by atoms with van der Waals surface area (Å²) in [5.74, 6) is -3.97. The lowest BCUT2D eigenvalue weighted by atomic mass is 9.58. The van der Waals surface area contributed by atoms with Gasteiger partial charge in [-0.3, -0.25) is 19.2 Å². The van der Waals surface area contributed by atoms with E-state index in [4.69, 9.17) is 0 Å². The van der Waals surface area contributed by atoms with Crippen molar-refractivity contribution in [3.05, 3.63) is 0 Å². The Balaban J connectivity index is 2.09. The number of ether oxygens (including phenoxy) is 1. The summed E-state index contributed by atoms with van der Waals surface area (Å²) in [5.41, 5.74) is 0. The molecule has 4 fully saturated rings. The number of hydrogen-bond acceptors (Lipinski definition) is 5. The van der Waals surface area contributed by atoms with Crippen molar-refractivity contribution >= 4 is 23.5 Å². The number of carbonyl (C=O) groups is 4. The fourth-order valence-electron chi connectivity index (χ4n) is 2.98. The highest BCUT2D eigenvalue weighted by atomic mass is 16.6. The standard InChI is InChI=1S/C10H8O5/c11-5-1-3-6(12)2-4(5)8-7(3)9(13)15-10(8)14/h3-4,7-8H,1-2H2/t3-,4+,7-,8-/m0/s1. The Morgan fingerprint density at radius 2 is 1.20 bits per heavy atom. The number of cyclic esters (lactones) is 2. The Bertz CT molecular complexity index is 372. The highest BCUT2D eigenvalue weighted by Crippen LogP contribution is 2.49. The third-order valence-electron chi connectivity index (χ3n) is 3.67. The molecule has 4 aliphatic rings. The average molecular weight is 208 g/mol. The van der Waals surface area contributed by atoms with Gasteiger partial charge in [-0.15, -0.1) is 0 Å². The van der Waals surface area contributed by atoms with Gasteiger partial charge < -0.3 is 4.74 Å². The molecule has 15 heavy (non-hydrogen) atoms. The van der Waals surface area contributed by atoms with E-state index in [1.165, 1.54) is 0 Å². The number of carbonyl (C=O) groups excluding carboxylic acids is 4. The van der Waals surface area contributed by atoms with Crippen LogP contribution < -0.4 is 0 Å². The number of fused-ring (bicyclic) bond motifs is 2. The molecule has 1 aliphatic heterocycles. The van der Waals surface area contributed by atoms with E-state index in [1.807, 2.05) is 0 Å². The van der Waals surface area contributed by atoms with Crippen molar-refractivity contribution in [2.75, 3.05) is 0 Å². The van der Waals surface area contributed by atoms with Crippen molar-refractivity contribution in [1.82, 2.24) is 0 Å². The van der Waals surface area contributed by atoms with Crippen molar-refractivity contribution < 1.29 is 23.9 Å². The SMILES string of the molecule is O=C1OC(=O)[C@@H]2[C@@H]1[C@@H]1CC(=O)[C@@H]2CC1=O. The minimum absolute atomic E-state index is 0.0764. The van der Waals surface area contributed by atoms with Crippen LogP contribution in [0.1, 0.15) is 12.8 Å². The Labute approximate surface area is 84.8 Å². The molecule has 5 heteroatoms. The van der Waals surface area contributed by atoms with E-state index in [-0.39, 0.29) is 24.4 Å². The van der Waals surface area contributed by atoms with Gasteiger partial charge in [0.05, 0.1) is 11.8 Å². The molecular formula is C10H8O5. The third kappa shape index (κ3) is 0.926. The lowest BCUT2D eigenvalue weighted by Crippen LogP contribution is -2.51. The van der Waals surface area contributed by atoms with E-state index in [2.05, 4.69) is 4.74 Å². The van der Waals surface area contributed by atoms with E-state index in [0.29, 0.717) is 0 Å². The van der Waals surface area contributed by atoms with Crippen LogP contribution in [0, 0.1) is 23.7 Å². The van der Waals surface area contributed by atoms with Crippen molar-refractivity contribution in [3.8, 4) is 0 Å². The first-order valence-corrected chi connectivity index (χ1v) is 4.90. The molecule has 3 aliphatic carbocycles. The summed E-state index contributed by atoms with van der Waals surface area (Å²) in [6.45, 7) is 0. The van der Waals surface area contributed by atoms with Crippen molar-refractivity contribution in [1.29, 1.82) is 0 Å². The van der Waals surface area contributed by atoms with Gasteiger partial charge >= 0.3 is 11.9 Å². The lowest BCUT2D eigenvalue weighted by molar-refractivity contribution is -0.154. The molecule has 4 rings (SSSR count). The molecule has 0 aromatic carbocycles. The van der Waals surface area contributed by atoms with Crippen molar-refractivity contribution in [2.24, 2.45) is 23.7 Å². The minimum Gasteiger partial charge on any atom is -0.393 e. The molecule has 0 aromatic heterocycles. The van der Waals surface area contributed by atoms with Gasteiger partial charge in [0.2, 0.25) is 0 Å². The van der Waals surface area contributed by atoms with Gasteiger partial charge in [-0.05, 0) is 0 Å². The number of esters is 2. The smallest absolute Gasteiger partial charge is 0.318 e. The zero-order valence-corrected chi connectivity index (χ0v) is 7.76. The number of hydrogen-bond donors (Lipinski definition) is 0. The normalized spacial score (nSPS) is 43.2. The highest BCUT2D eigenvalue weighted by molar-refractivity contribution is 6.09. The van der Waals surface area contributed by atoms with E-state index in [1.54, 1.807) is 0 Å². The fraction of sp³-hybridized carbons (Fsp3) is 0.600. The largest absolute Gasteiger partial charge is 0.393 e. The maximum atomic E-state index is 11.5. The van der Waals surface area contributed by atoms with Gasteiger partial charge in [-0.2, -0.15) is 0 Å². The molecule has 5 nitrogen and oxygen atoms in total. The molecule has 1 heterocycles. The maximum Gasteiger partial charge on any atom is 0.318 e. The summed E-state index contributed by atoms with van der Waals surface area (Å²) >= 11 is 0. The molecule has 0 radical (unpaired) electrons. The molecule has 4 atom stereocenters. The summed E-state index contributed by atoms with van der Waals surface area (Å²) in [6.07, 6.45) is 0.208. The van der Waals surface area contributed by atoms with Crippen LogP contribution in [-0.2, 0) is 23.9 Å². The summed E-state index contributed by atoms with van der Waals surface area (Å²) in [4.78, 5) is 45.8. The average Bonchev–Trinajstić information content (AvgIpc) is 2.46. The number of ketones is 2. The summed E-state index contributed by atoms with van der Waals surface area (Å²) in [5, 5.41) is 0. The van der Waals surface area contributed by atoms with Crippen LogP contribution in [0.15, 0.2) is 0 Å². The second-order valence-corrected chi connectivity index (χ2v) is 4.35. The zero-order chi connectivity index (χ0) is 10.7. The monoisotopic (exact) mass is 208 g/mol. The molecule has 78 valence electrons. The lowest BCUT2D eigenvalue weighted by Gasteiger charge is -2.39. The topological polar surface area (TPSA) is 77.5 Å². The van der Waals surface area contributed by atoms with Crippen LogP contribution >= 0.6 is 0 Å². The molecule has 0 N–H and O–H groups in total. The van der Waals surface area contributed by atoms with E-state index < -0.39 is 35.6 Å². The first-order chi connectivity index (χ1) is 7.09. The van der Waals surface area contributed by atoms with Crippen molar-refractivity contribution in [2.45, 2.75) is 12.8 Å². The molecule has 2 bridgehead atoms.